The van der Waals surface area contributed by atoms with Gasteiger partial charge in [0.25, 0.3) is 0 Å². The molecule has 1 aliphatic rings. The van der Waals surface area contributed by atoms with Gasteiger partial charge in [0.1, 0.15) is 0 Å². The molecule has 15 heavy (non-hydrogen) atoms. The second kappa shape index (κ2) is 8.50. The van der Waals surface area contributed by atoms with Gasteiger partial charge >= 0.3 is 0 Å². The van der Waals surface area contributed by atoms with Crippen LogP contribution in [0.25, 0.3) is 0 Å². The Balaban J connectivity index is 0.00000196. The van der Waals surface area contributed by atoms with Crippen LogP contribution in [0, 0.1) is 0 Å². The first kappa shape index (κ1) is 15.3. The highest BCUT2D eigenvalue weighted by atomic mass is 127. The van der Waals surface area contributed by atoms with E-state index in [1.807, 2.05) is 11.8 Å². The molecule has 90 valence electrons. The zero-order chi connectivity index (χ0) is 10.4. The van der Waals surface area contributed by atoms with Crippen LogP contribution in [0.4, 0.5) is 0 Å². The maximum Gasteiger partial charge on any atom is 0.188 e. The van der Waals surface area contributed by atoms with Crippen LogP contribution in [0.1, 0.15) is 32.6 Å². The Morgan fingerprint density at radius 2 is 2.13 bits per heavy atom. The molecule has 0 aromatic heterocycles. The molecular formula is C10H22IN3S. The van der Waals surface area contributed by atoms with Gasteiger partial charge in [0.2, 0.25) is 0 Å². The molecule has 5 heteroatoms. The second-order valence-corrected chi connectivity index (χ2v) is 5.17. The lowest BCUT2D eigenvalue weighted by atomic mass is 10.2. The summed E-state index contributed by atoms with van der Waals surface area (Å²) in [5.41, 5.74) is 5.79. The van der Waals surface area contributed by atoms with Crippen molar-refractivity contribution >= 4 is 41.7 Å². The molecule has 0 spiro atoms. The van der Waals surface area contributed by atoms with E-state index in [1.54, 1.807) is 0 Å². The van der Waals surface area contributed by atoms with Crippen LogP contribution in [-0.2, 0) is 0 Å². The number of hydrogen-bond acceptors (Lipinski definition) is 2. The minimum Gasteiger partial charge on any atom is -0.370 e. The van der Waals surface area contributed by atoms with Gasteiger partial charge in [-0.15, -0.1) is 24.0 Å². The number of nitrogens with two attached hydrogens (primary N) is 1. The van der Waals surface area contributed by atoms with Crippen molar-refractivity contribution in [1.82, 2.24) is 5.32 Å². The highest BCUT2D eigenvalue weighted by Gasteiger charge is 2.14. The third kappa shape index (κ3) is 6.50. The van der Waals surface area contributed by atoms with E-state index in [9.17, 15) is 0 Å². The van der Waals surface area contributed by atoms with Crippen LogP contribution in [-0.4, -0.2) is 30.1 Å². The summed E-state index contributed by atoms with van der Waals surface area (Å²) in [6, 6.07) is 0.573. The molecule has 1 saturated carbocycles. The fourth-order valence-corrected chi connectivity index (χ4v) is 1.85. The molecule has 0 saturated heterocycles. The van der Waals surface area contributed by atoms with Gasteiger partial charge in [0.15, 0.2) is 5.96 Å². The summed E-state index contributed by atoms with van der Waals surface area (Å²) in [7, 11) is 0. The van der Waals surface area contributed by atoms with Crippen molar-refractivity contribution in [3.05, 3.63) is 0 Å². The molecule has 3 nitrogen and oxygen atoms in total. The molecule has 0 radical (unpaired) electrons. The van der Waals surface area contributed by atoms with Crippen LogP contribution >= 0.6 is 35.7 Å². The normalized spacial score (nSPS) is 19.7. The average molecular weight is 343 g/mol. The fraction of sp³-hybridized carbons (Fsp3) is 0.900. The lowest BCUT2D eigenvalue weighted by Gasteiger charge is -2.13. The van der Waals surface area contributed by atoms with Crippen molar-refractivity contribution in [3.63, 3.8) is 0 Å². The molecule has 1 aliphatic carbocycles. The molecule has 0 bridgehead atoms. The molecule has 0 aliphatic heterocycles. The van der Waals surface area contributed by atoms with Crippen molar-refractivity contribution in [1.29, 1.82) is 0 Å². The summed E-state index contributed by atoms with van der Waals surface area (Å²) in [5.74, 6) is 0.623. The van der Waals surface area contributed by atoms with Gasteiger partial charge in [0.05, 0.1) is 6.54 Å². The first-order valence-electron chi connectivity index (χ1n) is 5.31. The first-order valence-corrected chi connectivity index (χ1v) is 6.60. The molecule has 0 aromatic rings. The zero-order valence-corrected chi connectivity index (χ0v) is 12.7. The maximum absolute atomic E-state index is 5.79. The Morgan fingerprint density at radius 3 is 2.67 bits per heavy atom. The fourth-order valence-electron chi connectivity index (χ4n) is 1.63. The van der Waals surface area contributed by atoms with Crippen molar-refractivity contribution in [2.45, 2.75) is 43.9 Å². The molecule has 0 heterocycles. The number of rotatable bonds is 4. The van der Waals surface area contributed by atoms with Crippen molar-refractivity contribution in [3.8, 4) is 0 Å². The van der Waals surface area contributed by atoms with Crippen LogP contribution in [0.5, 0.6) is 0 Å². The monoisotopic (exact) mass is 343 g/mol. The van der Waals surface area contributed by atoms with Crippen molar-refractivity contribution in [2.24, 2.45) is 10.7 Å². The van der Waals surface area contributed by atoms with E-state index in [0.717, 1.165) is 6.54 Å². The largest absolute Gasteiger partial charge is 0.370 e. The van der Waals surface area contributed by atoms with Crippen LogP contribution in [0.2, 0.25) is 0 Å². The summed E-state index contributed by atoms with van der Waals surface area (Å²) in [6.07, 6.45) is 7.24. The average Bonchev–Trinajstić information content (AvgIpc) is 2.66. The van der Waals surface area contributed by atoms with Gasteiger partial charge in [-0.05, 0) is 19.1 Å². The molecule has 0 amide bonds. The van der Waals surface area contributed by atoms with Crippen LogP contribution in [0.15, 0.2) is 4.99 Å². The lowest BCUT2D eigenvalue weighted by Crippen LogP contribution is -2.38. The van der Waals surface area contributed by atoms with E-state index in [1.165, 1.54) is 25.7 Å². The summed E-state index contributed by atoms with van der Waals surface area (Å²) in [6.45, 7) is 2.98. The molecule has 1 rings (SSSR count). The molecular weight excluding hydrogens is 321 g/mol. The van der Waals surface area contributed by atoms with Gasteiger partial charge in [-0.25, -0.2) is 0 Å². The number of guanidine groups is 1. The number of nitrogens with zero attached hydrogens (tertiary/aromatic N) is 1. The number of halogens is 1. The minimum absolute atomic E-state index is 0. The van der Waals surface area contributed by atoms with Crippen LogP contribution in [0.3, 0.4) is 0 Å². The minimum atomic E-state index is 0. The summed E-state index contributed by atoms with van der Waals surface area (Å²) in [5, 5.41) is 3.83. The Bertz CT molecular complexity index is 193. The van der Waals surface area contributed by atoms with E-state index >= 15 is 0 Å². The Labute approximate surface area is 114 Å². The standard InChI is InChI=1S/C10H21N3S.HI/c1-8(14-2)7-12-10(11)13-9-5-3-4-6-9;/h8-9H,3-7H2,1-2H3,(H3,11,12,13);1H. The van der Waals surface area contributed by atoms with E-state index in [4.69, 9.17) is 5.73 Å². The number of hydrogen-bond donors (Lipinski definition) is 2. The van der Waals surface area contributed by atoms with Crippen molar-refractivity contribution < 1.29 is 0 Å². The van der Waals surface area contributed by atoms with Gasteiger partial charge < -0.3 is 11.1 Å². The summed E-state index contributed by atoms with van der Waals surface area (Å²) >= 11 is 1.82. The van der Waals surface area contributed by atoms with E-state index < -0.39 is 0 Å². The molecule has 1 fully saturated rings. The van der Waals surface area contributed by atoms with Gasteiger partial charge in [-0.1, -0.05) is 19.8 Å². The number of nitrogens with one attached hydrogen (secondary N) is 1. The highest BCUT2D eigenvalue weighted by Crippen LogP contribution is 2.17. The summed E-state index contributed by atoms with van der Waals surface area (Å²) in [4.78, 5) is 4.32. The van der Waals surface area contributed by atoms with Gasteiger partial charge in [-0.2, -0.15) is 11.8 Å². The van der Waals surface area contributed by atoms with E-state index in [0.29, 0.717) is 17.3 Å². The van der Waals surface area contributed by atoms with E-state index in [-0.39, 0.29) is 24.0 Å². The topological polar surface area (TPSA) is 50.4 Å². The zero-order valence-electron chi connectivity index (χ0n) is 9.53. The summed E-state index contributed by atoms with van der Waals surface area (Å²) < 4.78 is 0. The highest BCUT2D eigenvalue weighted by molar-refractivity contribution is 14.0. The number of thioether (sulfide) groups is 1. The quantitative estimate of drug-likeness (QED) is 0.467. The van der Waals surface area contributed by atoms with E-state index in [2.05, 4.69) is 23.5 Å². The number of aliphatic imine (C=N–C) groups is 1. The molecule has 1 atom stereocenters. The molecule has 1 unspecified atom stereocenters. The Kier molecular flexibility index (Phi) is 8.69. The maximum atomic E-state index is 5.79. The second-order valence-electron chi connectivity index (χ2n) is 3.90. The predicted octanol–water partition coefficient (Wildman–Crippen LogP) is 2.20. The molecule has 0 aromatic carbocycles. The van der Waals surface area contributed by atoms with Gasteiger partial charge in [-0.3, -0.25) is 4.99 Å². The van der Waals surface area contributed by atoms with Crippen molar-refractivity contribution in [2.75, 3.05) is 12.8 Å². The third-order valence-corrected chi connectivity index (χ3v) is 3.58. The Morgan fingerprint density at radius 1 is 1.53 bits per heavy atom. The Hall–Kier alpha value is 0.350. The third-order valence-electron chi connectivity index (χ3n) is 2.63. The van der Waals surface area contributed by atoms with Gasteiger partial charge in [0, 0.05) is 11.3 Å². The van der Waals surface area contributed by atoms with Crippen LogP contribution < -0.4 is 11.1 Å². The SMILES string of the molecule is CSC(C)CN=C(N)NC1CCCC1.I. The smallest absolute Gasteiger partial charge is 0.188 e. The predicted molar refractivity (Wildman–Crippen MR) is 80.3 cm³/mol. The first-order chi connectivity index (χ1) is 6.72. The lowest BCUT2D eigenvalue weighted by molar-refractivity contribution is 0.625. The molecule has 3 N–H and O–H groups in total.